The van der Waals surface area contributed by atoms with E-state index in [-0.39, 0.29) is 0 Å². The van der Waals surface area contributed by atoms with Crippen LogP contribution < -0.4 is 0 Å². The monoisotopic (exact) mass is 172 g/mol. The van der Waals surface area contributed by atoms with E-state index in [1.165, 1.54) is 12.8 Å². The van der Waals surface area contributed by atoms with E-state index in [9.17, 15) is 0 Å². The van der Waals surface area contributed by atoms with E-state index in [0.29, 0.717) is 0 Å². The number of hydrogen-bond acceptors (Lipinski definition) is 0. The molecule has 1 heteroatoms. The summed E-state index contributed by atoms with van der Waals surface area (Å²) < 4.78 is 0. The lowest BCUT2D eigenvalue weighted by atomic mass is 10.1. The highest BCUT2D eigenvalue weighted by Gasteiger charge is 2.35. The first kappa shape index (κ1) is 5.04. The highest BCUT2D eigenvalue weighted by molar-refractivity contribution is 9.09. The summed E-state index contributed by atoms with van der Waals surface area (Å²) in [5.41, 5.74) is 0. The van der Waals surface area contributed by atoms with Crippen molar-refractivity contribution in [2.45, 2.75) is 17.7 Å². The van der Waals surface area contributed by atoms with Crippen molar-refractivity contribution in [3.63, 3.8) is 0 Å². The topological polar surface area (TPSA) is 0 Å². The first-order valence-electron chi connectivity index (χ1n) is 3.20. The van der Waals surface area contributed by atoms with Crippen LogP contribution in [0, 0.1) is 11.8 Å². The molecule has 8 heavy (non-hydrogen) atoms. The van der Waals surface area contributed by atoms with E-state index in [1.54, 1.807) is 0 Å². The molecule has 0 aromatic rings. The second-order valence-electron chi connectivity index (χ2n) is 2.73. The van der Waals surface area contributed by atoms with Crippen LogP contribution in [0.15, 0.2) is 12.2 Å². The smallest absolute Gasteiger partial charge is 0.0271 e. The van der Waals surface area contributed by atoms with Gasteiger partial charge in [-0.15, -0.1) is 0 Å². The van der Waals surface area contributed by atoms with Crippen LogP contribution in [0.4, 0.5) is 0 Å². The number of alkyl halides is 1. The molecular weight excluding hydrogens is 164 g/mol. The zero-order chi connectivity index (χ0) is 5.56. The Labute approximate surface area is 58.1 Å². The standard InChI is InChI=1S/C7H9Br/c8-7-5-1-2-6(7)4-3-5/h1-2,5-7H,3-4H2. The molecular formula is C7H9Br. The summed E-state index contributed by atoms with van der Waals surface area (Å²) in [6.45, 7) is 0. The maximum absolute atomic E-state index is 3.67. The first-order valence-corrected chi connectivity index (χ1v) is 4.12. The van der Waals surface area contributed by atoms with Gasteiger partial charge in [0, 0.05) is 4.83 Å². The predicted octanol–water partition coefficient (Wildman–Crippen LogP) is 2.35. The number of halogens is 1. The van der Waals surface area contributed by atoms with Crippen molar-refractivity contribution in [1.82, 2.24) is 0 Å². The molecule has 0 radical (unpaired) electrons. The van der Waals surface area contributed by atoms with Gasteiger partial charge in [0.25, 0.3) is 0 Å². The van der Waals surface area contributed by atoms with Gasteiger partial charge in [0.1, 0.15) is 0 Å². The Morgan fingerprint density at radius 1 is 1.12 bits per heavy atom. The van der Waals surface area contributed by atoms with Crippen molar-refractivity contribution in [2.24, 2.45) is 11.8 Å². The van der Waals surface area contributed by atoms with E-state index in [2.05, 4.69) is 28.1 Å². The van der Waals surface area contributed by atoms with Gasteiger partial charge >= 0.3 is 0 Å². The molecule has 0 spiro atoms. The number of allylic oxidation sites excluding steroid dienone is 2. The summed E-state index contributed by atoms with van der Waals surface area (Å²) in [4.78, 5) is 0.794. The number of hydrogen-bond donors (Lipinski definition) is 0. The second kappa shape index (κ2) is 1.60. The Kier molecular flexibility index (Phi) is 1.01. The molecule has 0 N–H and O–H groups in total. The molecule has 44 valence electrons. The zero-order valence-corrected chi connectivity index (χ0v) is 6.26. The summed E-state index contributed by atoms with van der Waals surface area (Å²) in [6.07, 6.45) is 7.54. The fraction of sp³-hybridized carbons (Fsp3) is 0.714. The van der Waals surface area contributed by atoms with Crippen LogP contribution in [0.5, 0.6) is 0 Å². The molecule has 1 saturated carbocycles. The van der Waals surface area contributed by atoms with Gasteiger partial charge in [-0.05, 0) is 24.7 Å². The Hall–Kier alpha value is 0.220. The second-order valence-corrected chi connectivity index (χ2v) is 3.79. The molecule has 2 atom stereocenters. The molecule has 1 fully saturated rings. The third-order valence-corrected chi connectivity index (χ3v) is 3.61. The highest BCUT2D eigenvalue weighted by Crippen LogP contribution is 2.43. The van der Waals surface area contributed by atoms with E-state index in [4.69, 9.17) is 0 Å². The van der Waals surface area contributed by atoms with Crippen LogP contribution in [-0.2, 0) is 0 Å². The zero-order valence-electron chi connectivity index (χ0n) is 4.68. The van der Waals surface area contributed by atoms with Crippen LogP contribution in [0.2, 0.25) is 0 Å². The van der Waals surface area contributed by atoms with Crippen molar-refractivity contribution in [2.75, 3.05) is 0 Å². The Balaban J connectivity index is 2.27. The summed E-state index contributed by atoms with van der Waals surface area (Å²) in [6, 6.07) is 0. The third kappa shape index (κ3) is 0.511. The van der Waals surface area contributed by atoms with Gasteiger partial charge in [0.2, 0.25) is 0 Å². The first-order chi connectivity index (χ1) is 3.88. The van der Waals surface area contributed by atoms with Crippen LogP contribution >= 0.6 is 15.9 Å². The Morgan fingerprint density at radius 2 is 1.62 bits per heavy atom. The van der Waals surface area contributed by atoms with Gasteiger partial charge in [0.15, 0.2) is 0 Å². The van der Waals surface area contributed by atoms with Crippen LogP contribution in [0.3, 0.4) is 0 Å². The molecule has 2 bridgehead atoms. The lowest BCUT2D eigenvalue weighted by Gasteiger charge is -2.02. The molecule has 2 unspecified atom stereocenters. The van der Waals surface area contributed by atoms with Crippen molar-refractivity contribution < 1.29 is 0 Å². The Bertz CT molecular complexity index is 114. The molecule has 0 heterocycles. The molecule has 0 nitrogen and oxygen atoms in total. The van der Waals surface area contributed by atoms with Crippen molar-refractivity contribution in [3.8, 4) is 0 Å². The third-order valence-electron chi connectivity index (χ3n) is 2.26. The molecule has 2 aliphatic rings. The molecule has 0 aliphatic heterocycles. The molecule has 2 rings (SSSR count). The van der Waals surface area contributed by atoms with Crippen LogP contribution in [0.25, 0.3) is 0 Å². The lowest BCUT2D eigenvalue weighted by molar-refractivity contribution is 0.705. The van der Waals surface area contributed by atoms with Gasteiger partial charge < -0.3 is 0 Å². The van der Waals surface area contributed by atoms with E-state index >= 15 is 0 Å². The maximum Gasteiger partial charge on any atom is 0.0271 e. The minimum atomic E-state index is 0.794. The number of fused-ring (bicyclic) bond motifs is 2. The normalized spacial score (nSPS) is 50.9. The fourth-order valence-electron chi connectivity index (χ4n) is 1.71. The quantitative estimate of drug-likeness (QED) is 0.389. The molecule has 0 amide bonds. The molecule has 0 saturated heterocycles. The summed E-state index contributed by atoms with van der Waals surface area (Å²) >= 11 is 3.67. The lowest BCUT2D eigenvalue weighted by Crippen LogP contribution is -2.02. The van der Waals surface area contributed by atoms with Gasteiger partial charge in [-0.2, -0.15) is 0 Å². The minimum Gasteiger partial charge on any atom is -0.0878 e. The van der Waals surface area contributed by atoms with Gasteiger partial charge in [-0.25, -0.2) is 0 Å². The summed E-state index contributed by atoms with van der Waals surface area (Å²) in [7, 11) is 0. The van der Waals surface area contributed by atoms with Crippen molar-refractivity contribution in [3.05, 3.63) is 12.2 Å². The van der Waals surface area contributed by atoms with Crippen LogP contribution in [-0.4, -0.2) is 4.83 Å². The average molecular weight is 173 g/mol. The minimum absolute atomic E-state index is 0.794. The molecule has 0 aromatic carbocycles. The van der Waals surface area contributed by atoms with E-state index in [1.807, 2.05) is 0 Å². The Morgan fingerprint density at radius 3 is 1.75 bits per heavy atom. The van der Waals surface area contributed by atoms with Gasteiger partial charge in [-0.3, -0.25) is 0 Å². The van der Waals surface area contributed by atoms with Crippen molar-refractivity contribution in [1.29, 1.82) is 0 Å². The predicted molar refractivity (Wildman–Crippen MR) is 38.1 cm³/mol. The maximum atomic E-state index is 3.67. The fourth-order valence-corrected chi connectivity index (χ4v) is 2.59. The van der Waals surface area contributed by atoms with Crippen LogP contribution in [0.1, 0.15) is 12.8 Å². The molecule has 0 aromatic heterocycles. The SMILES string of the molecule is BrC1C2C=CC1CC2. The largest absolute Gasteiger partial charge is 0.0878 e. The summed E-state index contributed by atoms with van der Waals surface area (Å²) in [5, 5.41) is 0. The molecule has 2 aliphatic carbocycles. The highest BCUT2D eigenvalue weighted by atomic mass is 79.9. The van der Waals surface area contributed by atoms with Gasteiger partial charge in [0.05, 0.1) is 0 Å². The summed E-state index contributed by atoms with van der Waals surface area (Å²) in [5.74, 6) is 1.75. The van der Waals surface area contributed by atoms with E-state index in [0.717, 1.165) is 16.7 Å². The number of rotatable bonds is 0. The van der Waals surface area contributed by atoms with E-state index < -0.39 is 0 Å². The van der Waals surface area contributed by atoms with Crippen molar-refractivity contribution >= 4 is 15.9 Å². The average Bonchev–Trinajstić information content (AvgIpc) is 2.29. The van der Waals surface area contributed by atoms with Gasteiger partial charge in [-0.1, -0.05) is 28.1 Å².